The number of amides is 2. The first-order valence-electron chi connectivity index (χ1n) is 9.47. The molecule has 144 valence electrons. The highest BCUT2D eigenvalue weighted by atomic mass is 16.5. The second kappa shape index (κ2) is 9.55. The van der Waals surface area contributed by atoms with Gasteiger partial charge in [0, 0.05) is 18.3 Å². The lowest BCUT2D eigenvalue weighted by Crippen LogP contribution is -2.31. The third kappa shape index (κ3) is 5.10. The van der Waals surface area contributed by atoms with Crippen molar-refractivity contribution in [1.29, 1.82) is 0 Å². The number of nitrogens with one attached hydrogen (secondary N) is 1. The Morgan fingerprint density at radius 2 is 1.75 bits per heavy atom. The number of hydrogen-bond acceptors (Lipinski definition) is 3. The van der Waals surface area contributed by atoms with Gasteiger partial charge in [0.05, 0.1) is 12.3 Å². The molecule has 0 bridgehead atoms. The fourth-order valence-electron chi connectivity index (χ4n) is 2.66. The van der Waals surface area contributed by atoms with Gasteiger partial charge >= 0.3 is 6.03 Å². The molecule has 0 saturated heterocycles. The van der Waals surface area contributed by atoms with E-state index in [9.17, 15) is 4.79 Å². The van der Waals surface area contributed by atoms with Crippen LogP contribution in [0.1, 0.15) is 19.8 Å². The highest BCUT2D eigenvalue weighted by molar-refractivity contribution is 6.00. The van der Waals surface area contributed by atoms with Crippen molar-refractivity contribution >= 4 is 17.5 Å². The molecular formula is C23H25N3O2. The van der Waals surface area contributed by atoms with Crippen LogP contribution in [-0.4, -0.2) is 24.7 Å². The molecule has 1 N–H and O–H groups in total. The third-order valence-electron chi connectivity index (χ3n) is 4.32. The summed E-state index contributed by atoms with van der Waals surface area (Å²) in [5.74, 6) is 1.38. The van der Waals surface area contributed by atoms with E-state index in [-0.39, 0.29) is 6.03 Å². The zero-order valence-corrected chi connectivity index (χ0v) is 16.3. The molecule has 2 amide bonds. The van der Waals surface area contributed by atoms with Crippen molar-refractivity contribution in [2.75, 3.05) is 23.9 Å². The Morgan fingerprint density at radius 3 is 2.46 bits per heavy atom. The van der Waals surface area contributed by atoms with E-state index in [1.807, 2.05) is 72.8 Å². The number of unbranched alkanes of at least 4 members (excludes halogenated alkanes) is 1. The van der Waals surface area contributed by atoms with Gasteiger partial charge in [-0.25, -0.2) is 9.78 Å². The molecule has 28 heavy (non-hydrogen) atoms. The maximum Gasteiger partial charge on any atom is 0.327 e. The molecule has 0 spiro atoms. The summed E-state index contributed by atoms with van der Waals surface area (Å²) in [6, 6.07) is 22.7. The minimum atomic E-state index is -0.252. The summed E-state index contributed by atoms with van der Waals surface area (Å²) in [6.45, 7) is 2.83. The zero-order valence-electron chi connectivity index (χ0n) is 16.3. The van der Waals surface area contributed by atoms with E-state index in [0.29, 0.717) is 18.1 Å². The lowest BCUT2D eigenvalue weighted by molar-refractivity contribution is 0.258. The first kappa shape index (κ1) is 19.4. The van der Waals surface area contributed by atoms with Crippen LogP contribution in [-0.2, 0) is 0 Å². The van der Waals surface area contributed by atoms with Crippen molar-refractivity contribution in [1.82, 2.24) is 4.98 Å². The number of urea groups is 1. The van der Waals surface area contributed by atoms with Crippen LogP contribution in [0.2, 0.25) is 0 Å². The third-order valence-corrected chi connectivity index (χ3v) is 4.32. The fourth-order valence-corrected chi connectivity index (χ4v) is 2.66. The number of carbonyl (C=O) groups excluding carboxylic acids is 1. The standard InChI is InChI=1S/C23H25N3O2/c1-3-4-17-28-20-15-13-19(14-16-20)24-23(27)26(2)22-12-8-11-21(25-22)18-9-6-5-7-10-18/h5-16H,3-4,17H2,1-2H3,(H,24,27). The van der Waals surface area contributed by atoms with Gasteiger partial charge in [-0.15, -0.1) is 0 Å². The van der Waals surface area contributed by atoms with Gasteiger partial charge in [0.1, 0.15) is 11.6 Å². The molecule has 0 unspecified atom stereocenters. The summed E-state index contributed by atoms with van der Waals surface area (Å²) >= 11 is 0. The maximum absolute atomic E-state index is 12.6. The highest BCUT2D eigenvalue weighted by Gasteiger charge is 2.13. The molecule has 1 aromatic heterocycles. The molecule has 0 atom stereocenters. The monoisotopic (exact) mass is 375 g/mol. The lowest BCUT2D eigenvalue weighted by atomic mass is 10.1. The number of pyridine rings is 1. The number of ether oxygens (including phenoxy) is 1. The molecule has 0 aliphatic carbocycles. The average molecular weight is 375 g/mol. The Labute approximate surface area is 166 Å². The summed E-state index contributed by atoms with van der Waals surface area (Å²) in [6.07, 6.45) is 2.12. The molecule has 1 heterocycles. The molecule has 0 aliphatic heterocycles. The maximum atomic E-state index is 12.6. The van der Waals surface area contributed by atoms with Gasteiger partial charge < -0.3 is 10.1 Å². The van der Waals surface area contributed by atoms with Gasteiger partial charge in [0.2, 0.25) is 0 Å². The first-order chi connectivity index (χ1) is 13.7. The zero-order chi connectivity index (χ0) is 19.8. The number of hydrogen-bond donors (Lipinski definition) is 1. The smallest absolute Gasteiger partial charge is 0.327 e. The van der Waals surface area contributed by atoms with Crippen molar-refractivity contribution in [2.24, 2.45) is 0 Å². The normalized spacial score (nSPS) is 10.4. The van der Waals surface area contributed by atoms with Crippen molar-refractivity contribution < 1.29 is 9.53 Å². The Kier molecular flexibility index (Phi) is 6.63. The molecule has 5 heteroatoms. The number of carbonyl (C=O) groups is 1. The van der Waals surface area contributed by atoms with E-state index in [1.165, 1.54) is 4.90 Å². The number of rotatable bonds is 7. The summed E-state index contributed by atoms with van der Waals surface area (Å²) in [5, 5.41) is 2.89. The Balaban J connectivity index is 1.64. The summed E-state index contributed by atoms with van der Waals surface area (Å²) in [4.78, 5) is 18.7. The van der Waals surface area contributed by atoms with Crippen molar-refractivity contribution in [3.8, 4) is 17.0 Å². The van der Waals surface area contributed by atoms with Gasteiger partial charge in [0.15, 0.2) is 0 Å². The Morgan fingerprint density at radius 1 is 1.00 bits per heavy atom. The van der Waals surface area contributed by atoms with Gasteiger partial charge in [-0.2, -0.15) is 0 Å². The summed E-state index contributed by atoms with van der Waals surface area (Å²) in [7, 11) is 1.70. The molecule has 0 radical (unpaired) electrons. The molecule has 3 aromatic rings. The molecule has 5 nitrogen and oxygen atoms in total. The number of nitrogens with zero attached hydrogens (tertiary/aromatic N) is 2. The summed E-state index contributed by atoms with van der Waals surface area (Å²) < 4.78 is 5.65. The van der Waals surface area contributed by atoms with Crippen LogP contribution in [0.3, 0.4) is 0 Å². The first-order valence-corrected chi connectivity index (χ1v) is 9.47. The van der Waals surface area contributed by atoms with Crippen LogP contribution >= 0.6 is 0 Å². The van der Waals surface area contributed by atoms with E-state index in [1.54, 1.807) is 7.05 Å². The predicted octanol–water partition coefficient (Wildman–Crippen LogP) is 5.60. The topological polar surface area (TPSA) is 54.5 Å². The van der Waals surface area contributed by atoms with Crippen molar-refractivity contribution in [3.05, 3.63) is 72.8 Å². The molecular weight excluding hydrogens is 350 g/mol. The van der Waals surface area contributed by atoms with E-state index in [4.69, 9.17) is 4.74 Å². The molecule has 0 fully saturated rings. The molecule has 0 saturated carbocycles. The SMILES string of the molecule is CCCCOc1ccc(NC(=O)N(C)c2cccc(-c3ccccc3)n2)cc1. The molecule has 0 aliphatic rings. The fraction of sp³-hybridized carbons (Fsp3) is 0.217. The van der Waals surface area contributed by atoms with E-state index < -0.39 is 0 Å². The van der Waals surface area contributed by atoms with Crippen molar-refractivity contribution in [3.63, 3.8) is 0 Å². The van der Waals surface area contributed by atoms with Crippen LogP contribution in [0, 0.1) is 0 Å². The number of benzene rings is 2. The second-order valence-electron chi connectivity index (χ2n) is 6.46. The number of anilines is 2. The largest absolute Gasteiger partial charge is 0.494 e. The van der Waals surface area contributed by atoms with Crippen LogP contribution in [0.15, 0.2) is 72.8 Å². The minimum absolute atomic E-state index is 0.252. The van der Waals surface area contributed by atoms with Gasteiger partial charge in [-0.1, -0.05) is 49.7 Å². The highest BCUT2D eigenvalue weighted by Crippen LogP contribution is 2.21. The predicted molar refractivity (Wildman–Crippen MR) is 114 cm³/mol. The van der Waals surface area contributed by atoms with Gasteiger partial charge in [-0.3, -0.25) is 4.90 Å². The summed E-state index contributed by atoms with van der Waals surface area (Å²) in [5.41, 5.74) is 2.54. The van der Waals surface area contributed by atoms with Crippen LogP contribution in [0.25, 0.3) is 11.3 Å². The molecule has 2 aromatic carbocycles. The van der Waals surface area contributed by atoms with E-state index in [2.05, 4.69) is 17.2 Å². The van der Waals surface area contributed by atoms with E-state index in [0.717, 1.165) is 29.8 Å². The van der Waals surface area contributed by atoms with Crippen LogP contribution < -0.4 is 15.0 Å². The quantitative estimate of drug-likeness (QED) is 0.547. The molecule has 3 rings (SSSR count). The van der Waals surface area contributed by atoms with E-state index >= 15 is 0 Å². The van der Waals surface area contributed by atoms with Gasteiger partial charge in [-0.05, 0) is 42.8 Å². The minimum Gasteiger partial charge on any atom is -0.494 e. The second-order valence-corrected chi connectivity index (χ2v) is 6.46. The van der Waals surface area contributed by atoms with Crippen LogP contribution in [0.5, 0.6) is 5.75 Å². The lowest BCUT2D eigenvalue weighted by Gasteiger charge is -2.18. The average Bonchev–Trinajstić information content (AvgIpc) is 2.75. The van der Waals surface area contributed by atoms with Crippen LogP contribution in [0.4, 0.5) is 16.3 Å². The van der Waals surface area contributed by atoms with Gasteiger partial charge in [0.25, 0.3) is 0 Å². The Hall–Kier alpha value is -3.34. The van der Waals surface area contributed by atoms with Crippen molar-refractivity contribution in [2.45, 2.75) is 19.8 Å². The Bertz CT molecular complexity index is 895. The number of aromatic nitrogens is 1.